The molecule has 5 heteroatoms. The predicted octanol–water partition coefficient (Wildman–Crippen LogP) is 3.42. The highest BCUT2D eigenvalue weighted by atomic mass is 35.5. The molecule has 104 valence electrons. The fourth-order valence-corrected chi connectivity index (χ4v) is 1.91. The number of hydrogen-bond donors (Lipinski definition) is 1. The second-order valence-corrected chi connectivity index (χ2v) is 4.59. The summed E-state index contributed by atoms with van der Waals surface area (Å²) in [6.45, 7) is 0.300. The van der Waals surface area contributed by atoms with Gasteiger partial charge in [0.2, 0.25) is 0 Å². The molecule has 0 aromatic heterocycles. The van der Waals surface area contributed by atoms with Gasteiger partial charge in [-0.3, -0.25) is 4.79 Å². The molecule has 0 bridgehead atoms. The smallest absolute Gasteiger partial charge is 0.255 e. The molecule has 0 aliphatic rings. The quantitative estimate of drug-likeness (QED) is 0.938. The molecule has 0 aliphatic heterocycles. The third-order valence-electron chi connectivity index (χ3n) is 2.77. The lowest BCUT2D eigenvalue weighted by Crippen LogP contribution is -2.23. The lowest BCUT2D eigenvalue weighted by Gasteiger charge is -2.09. The molecule has 2 aromatic carbocycles. The minimum absolute atomic E-state index is 0.298. The molecule has 0 saturated heterocycles. The van der Waals surface area contributed by atoms with Crippen LogP contribution in [0, 0.1) is 5.82 Å². The van der Waals surface area contributed by atoms with Crippen LogP contribution in [0.3, 0.4) is 0 Å². The maximum absolute atomic E-state index is 12.8. The molecule has 0 saturated carbocycles. The summed E-state index contributed by atoms with van der Waals surface area (Å²) < 4.78 is 17.9. The molecular formula is C15H13ClFNO2. The Morgan fingerprint density at radius 2 is 1.95 bits per heavy atom. The molecule has 0 spiro atoms. The van der Waals surface area contributed by atoms with E-state index in [2.05, 4.69) is 5.32 Å². The number of benzene rings is 2. The molecule has 2 rings (SSSR count). The van der Waals surface area contributed by atoms with Crippen LogP contribution in [-0.4, -0.2) is 13.0 Å². The first-order valence-corrected chi connectivity index (χ1v) is 6.34. The van der Waals surface area contributed by atoms with E-state index in [-0.39, 0.29) is 11.7 Å². The van der Waals surface area contributed by atoms with Crippen LogP contribution in [0.25, 0.3) is 0 Å². The van der Waals surface area contributed by atoms with E-state index >= 15 is 0 Å². The number of amides is 1. The molecular weight excluding hydrogens is 281 g/mol. The zero-order valence-electron chi connectivity index (χ0n) is 10.8. The number of rotatable bonds is 4. The molecule has 0 fully saturated rings. The highest BCUT2D eigenvalue weighted by Crippen LogP contribution is 2.22. The third kappa shape index (κ3) is 3.48. The standard InChI is InChI=1S/C15H13ClFNO2/c1-20-14-7-4-11(16)8-13(14)15(19)18-9-10-2-5-12(17)6-3-10/h2-8H,9H2,1H3,(H,18,19). The monoisotopic (exact) mass is 293 g/mol. The van der Waals surface area contributed by atoms with Crippen LogP contribution >= 0.6 is 11.6 Å². The summed E-state index contributed by atoms with van der Waals surface area (Å²) in [6.07, 6.45) is 0. The van der Waals surface area contributed by atoms with Crippen molar-refractivity contribution in [3.05, 3.63) is 64.4 Å². The predicted molar refractivity (Wildman–Crippen MR) is 75.6 cm³/mol. The van der Waals surface area contributed by atoms with Crippen molar-refractivity contribution >= 4 is 17.5 Å². The minimum Gasteiger partial charge on any atom is -0.496 e. The zero-order chi connectivity index (χ0) is 14.5. The Morgan fingerprint density at radius 1 is 1.25 bits per heavy atom. The first kappa shape index (κ1) is 14.3. The van der Waals surface area contributed by atoms with Crippen LogP contribution in [0.5, 0.6) is 5.75 Å². The van der Waals surface area contributed by atoms with E-state index in [1.54, 1.807) is 30.3 Å². The van der Waals surface area contributed by atoms with Gasteiger partial charge in [-0.2, -0.15) is 0 Å². The summed E-state index contributed by atoms with van der Waals surface area (Å²) in [5.41, 5.74) is 1.17. The van der Waals surface area contributed by atoms with Crippen molar-refractivity contribution in [1.82, 2.24) is 5.32 Å². The third-order valence-corrected chi connectivity index (χ3v) is 3.01. The Bertz CT molecular complexity index is 614. The summed E-state index contributed by atoms with van der Waals surface area (Å²) in [5, 5.41) is 3.19. The molecule has 0 unspecified atom stereocenters. The van der Waals surface area contributed by atoms with Gasteiger partial charge in [0.05, 0.1) is 12.7 Å². The van der Waals surface area contributed by atoms with Crippen molar-refractivity contribution < 1.29 is 13.9 Å². The Kier molecular flexibility index (Phi) is 4.58. The number of carbonyl (C=O) groups is 1. The topological polar surface area (TPSA) is 38.3 Å². The average Bonchev–Trinajstić information content (AvgIpc) is 2.46. The van der Waals surface area contributed by atoms with Crippen molar-refractivity contribution in [2.75, 3.05) is 7.11 Å². The molecule has 3 nitrogen and oxygen atoms in total. The summed E-state index contributed by atoms with van der Waals surface area (Å²) in [6, 6.07) is 10.8. The SMILES string of the molecule is COc1ccc(Cl)cc1C(=O)NCc1ccc(F)cc1. The van der Waals surface area contributed by atoms with E-state index in [9.17, 15) is 9.18 Å². The number of halogens is 2. The summed E-state index contributed by atoms with van der Waals surface area (Å²) in [5.74, 6) is -0.156. The van der Waals surface area contributed by atoms with Crippen molar-refractivity contribution in [3.8, 4) is 5.75 Å². The summed E-state index contributed by atoms with van der Waals surface area (Å²) >= 11 is 5.88. The first-order valence-electron chi connectivity index (χ1n) is 5.96. The maximum Gasteiger partial charge on any atom is 0.255 e. The highest BCUT2D eigenvalue weighted by Gasteiger charge is 2.12. The zero-order valence-corrected chi connectivity index (χ0v) is 11.6. The van der Waals surface area contributed by atoms with Gasteiger partial charge in [0.15, 0.2) is 0 Å². The van der Waals surface area contributed by atoms with E-state index in [4.69, 9.17) is 16.3 Å². The van der Waals surface area contributed by atoms with E-state index in [1.165, 1.54) is 19.2 Å². The van der Waals surface area contributed by atoms with Gasteiger partial charge in [0, 0.05) is 11.6 Å². The minimum atomic E-state index is -0.309. The van der Waals surface area contributed by atoms with Crippen LogP contribution in [0.4, 0.5) is 4.39 Å². The molecule has 0 radical (unpaired) electrons. The van der Waals surface area contributed by atoms with Gasteiger partial charge < -0.3 is 10.1 Å². The largest absolute Gasteiger partial charge is 0.496 e. The normalized spacial score (nSPS) is 10.2. The second kappa shape index (κ2) is 6.39. The molecule has 2 aromatic rings. The fourth-order valence-electron chi connectivity index (χ4n) is 1.74. The van der Waals surface area contributed by atoms with Gasteiger partial charge >= 0.3 is 0 Å². The molecule has 1 amide bonds. The maximum atomic E-state index is 12.8. The summed E-state index contributed by atoms with van der Waals surface area (Å²) in [7, 11) is 1.49. The Morgan fingerprint density at radius 3 is 2.60 bits per heavy atom. The van der Waals surface area contributed by atoms with Crippen molar-refractivity contribution in [3.63, 3.8) is 0 Å². The van der Waals surface area contributed by atoms with E-state index in [1.807, 2.05) is 0 Å². The number of hydrogen-bond acceptors (Lipinski definition) is 2. The lowest BCUT2D eigenvalue weighted by atomic mass is 10.1. The van der Waals surface area contributed by atoms with Gasteiger partial charge in [-0.1, -0.05) is 23.7 Å². The fraction of sp³-hybridized carbons (Fsp3) is 0.133. The van der Waals surface area contributed by atoms with Crippen LogP contribution in [-0.2, 0) is 6.54 Å². The van der Waals surface area contributed by atoms with Crippen LogP contribution in [0.2, 0.25) is 5.02 Å². The Hall–Kier alpha value is -2.07. The number of ether oxygens (including phenoxy) is 1. The molecule has 0 heterocycles. The molecule has 1 N–H and O–H groups in total. The number of nitrogens with one attached hydrogen (secondary N) is 1. The van der Waals surface area contributed by atoms with Gasteiger partial charge in [-0.05, 0) is 35.9 Å². The van der Waals surface area contributed by atoms with Crippen molar-refractivity contribution in [1.29, 1.82) is 0 Å². The summed E-state index contributed by atoms with van der Waals surface area (Å²) in [4.78, 5) is 12.1. The Labute approximate surface area is 121 Å². The van der Waals surface area contributed by atoms with Crippen LogP contribution < -0.4 is 10.1 Å². The first-order chi connectivity index (χ1) is 9.60. The van der Waals surface area contributed by atoms with E-state index in [0.717, 1.165) is 5.56 Å². The van der Waals surface area contributed by atoms with Crippen LogP contribution in [0.1, 0.15) is 15.9 Å². The van der Waals surface area contributed by atoms with E-state index in [0.29, 0.717) is 22.9 Å². The second-order valence-electron chi connectivity index (χ2n) is 4.15. The van der Waals surface area contributed by atoms with Gasteiger partial charge in [0.1, 0.15) is 11.6 Å². The molecule has 0 aliphatic carbocycles. The van der Waals surface area contributed by atoms with Crippen LogP contribution in [0.15, 0.2) is 42.5 Å². The number of carbonyl (C=O) groups excluding carboxylic acids is 1. The van der Waals surface area contributed by atoms with Gasteiger partial charge in [0.25, 0.3) is 5.91 Å². The molecule has 0 atom stereocenters. The lowest BCUT2D eigenvalue weighted by molar-refractivity contribution is 0.0948. The highest BCUT2D eigenvalue weighted by molar-refractivity contribution is 6.31. The van der Waals surface area contributed by atoms with Crippen molar-refractivity contribution in [2.24, 2.45) is 0 Å². The number of methoxy groups -OCH3 is 1. The van der Waals surface area contributed by atoms with Crippen molar-refractivity contribution in [2.45, 2.75) is 6.54 Å². The van der Waals surface area contributed by atoms with E-state index < -0.39 is 0 Å². The Balaban J connectivity index is 2.08. The van der Waals surface area contributed by atoms with Gasteiger partial charge in [-0.15, -0.1) is 0 Å². The van der Waals surface area contributed by atoms with Gasteiger partial charge in [-0.25, -0.2) is 4.39 Å². The molecule has 20 heavy (non-hydrogen) atoms. The average molecular weight is 294 g/mol.